The van der Waals surface area contributed by atoms with Crippen molar-refractivity contribution in [2.24, 2.45) is 5.92 Å². The first-order valence-corrected chi connectivity index (χ1v) is 8.16. The zero-order chi connectivity index (χ0) is 17.1. The molecule has 130 valence electrons. The molecule has 0 spiro atoms. The number of anilines is 1. The van der Waals surface area contributed by atoms with Crippen LogP contribution >= 0.6 is 0 Å². The number of methoxy groups -OCH3 is 2. The van der Waals surface area contributed by atoms with E-state index in [1.807, 2.05) is 4.90 Å². The van der Waals surface area contributed by atoms with E-state index < -0.39 is 0 Å². The molecule has 2 saturated heterocycles. The standard InChI is InChI=1S/C17H23N3O4/c1-23-13-3-4-14(15(10-13)24-2)20-11-12(9-16(20)21)17(22)19-7-5-18-6-8-19/h3-4,10,12,18H,5-9,11H2,1-2H3/t12-/m1/s1. The monoisotopic (exact) mass is 333 g/mol. The molecule has 0 aliphatic carbocycles. The molecule has 7 nitrogen and oxygen atoms in total. The van der Waals surface area contributed by atoms with Crippen molar-refractivity contribution in [3.63, 3.8) is 0 Å². The van der Waals surface area contributed by atoms with Crippen molar-refractivity contribution in [1.29, 1.82) is 0 Å². The lowest BCUT2D eigenvalue weighted by Gasteiger charge is -2.29. The zero-order valence-corrected chi connectivity index (χ0v) is 14.1. The van der Waals surface area contributed by atoms with Crippen molar-refractivity contribution in [3.8, 4) is 11.5 Å². The predicted molar refractivity (Wildman–Crippen MR) is 89.5 cm³/mol. The number of nitrogens with one attached hydrogen (secondary N) is 1. The molecule has 7 heteroatoms. The quantitative estimate of drug-likeness (QED) is 0.868. The van der Waals surface area contributed by atoms with Gasteiger partial charge in [-0.25, -0.2) is 0 Å². The van der Waals surface area contributed by atoms with E-state index in [4.69, 9.17) is 9.47 Å². The van der Waals surface area contributed by atoms with Gasteiger partial charge in [-0.05, 0) is 12.1 Å². The van der Waals surface area contributed by atoms with E-state index in [0.29, 0.717) is 36.8 Å². The van der Waals surface area contributed by atoms with Gasteiger partial charge in [-0.15, -0.1) is 0 Å². The normalized spacial score (nSPS) is 21.1. The Bertz CT molecular complexity index is 628. The van der Waals surface area contributed by atoms with Gasteiger partial charge < -0.3 is 24.6 Å². The molecule has 1 N–H and O–H groups in total. The second kappa shape index (κ2) is 7.09. The molecule has 2 aliphatic heterocycles. The third-order valence-electron chi connectivity index (χ3n) is 4.58. The van der Waals surface area contributed by atoms with Crippen LogP contribution in [0.5, 0.6) is 11.5 Å². The van der Waals surface area contributed by atoms with Crippen molar-refractivity contribution in [1.82, 2.24) is 10.2 Å². The molecule has 24 heavy (non-hydrogen) atoms. The summed E-state index contributed by atoms with van der Waals surface area (Å²) in [5, 5.41) is 3.23. The summed E-state index contributed by atoms with van der Waals surface area (Å²) in [5.74, 6) is 0.961. The van der Waals surface area contributed by atoms with Crippen molar-refractivity contribution in [2.45, 2.75) is 6.42 Å². The number of benzene rings is 1. The largest absolute Gasteiger partial charge is 0.497 e. The highest BCUT2D eigenvalue weighted by Gasteiger charge is 2.38. The molecule has 1 aromatic carbocycles. The summed E-state index contributed by atoms with van der Waals surface area (Å²) in [4.78, 5) is 28.6. The summed E-state index contributed by atoms with van der Waals surface area (Å²) in [6, 6.07) is 5.33. The van der Waals surface area contributed by atoms with Gasteiger partial charge in [-0.3, -0.25) is 9.59 Å². The van der Waals surface area contributed by atoms with Crippen LogP contribution in [0.3, 0.4) is 0 Å². The Labute approximate surface area is 141 Å². The number of piperazine rings is 1. The van der Waals surface area contributed by atoms with Crippen LogP contribution in [0, 0.1) is 5.92 Å². The fourth-order valence-electron chi connectivity index (χ4n) is 3.26. The van der Waals surface area contributed by atoms with Crippen LogP contribution in [0.15, 0.2) is 18.2 Å². The van der Waals surface area contributed by atoms with Gasteiger partial charge in [0.2, 0.25) is 11.8 Å². The summed E-state index contributed by atoms with van der Waals surface area (Å²) in [6.07, 6.45) is 0.248. The van der Waals surface area contributed by atoms with E-state index in [-0.39, 0.29) is 24.2 Å². The highest BCUT2D eigenvalue weighted by Crippen LogP contribution is 2.36. The molecule has 0 bridgehead atoms. The third kappa shape index (κ3) is 3.17. The SMILES string of the molecule is COc1ccc(N2C[C@H](C(=O)N3CCNCC3)CC2=O)c(OC)c1. The zero-order valence-electron chi connectivity index (χ0n) is 14.1. The fourth-order valence-corrected chi connectivity index (χ4v) is 3.26. The second-order valence-electron chi connectivity index (χ2n) is 6.02. The third-order valence-corrected chi connectivity index (χ3v) is 4.58. The number of carbonyl (C=O) groups is 2. The highest BCUT2D eigenvalue weighted by molar-refractivity contribution is 6.01. The smallest absolute Gasteiger partial charge is 0.228 e. The molecule has 2 heterocycles. The molecule has 2 aliphatic rings. The number of nitrogens with zero attached hydrogens (tertiary/aromatic N) is 2. The predicted octanol–water partition coefficient (Wildman–Crippen LogP) is 0.489. The van der Waals surface area contributed by atoms with Gasteiger partial charge in [0.25, 0.3) is 0 Å². The minimum absolute atomic E-state index is 0.0491. The fraction of sp³-hybridized carbons (Fsp3) is 0.529. The molecule has 0 unspecified atom stereocenters. The first-order valence-electron chi connectivity index (χ1n) is 8.16. The van der Waals surface area contributed by atoms with Crippen molar-refractivity contribution < 1.29 is 19.1 Å². The molecule has 2 amide bonds. The Morgan fingerprint density at radius 3 is 2.62 bits per heavy atom. The molecule has 1 atom stereocenters. The maximum absolute atomic E-state index is 12.6. The Morgan fingerprint density at radius 2 is 1.96 bits per heavy atom. The van der Waals surface area contributed by atoms with Gasteiger partial charge in [0.1, 0.15) is 11.5 Å². The first kappa shape index (κ1) is 16.6. The maximum atomic E-state index is 12.6. The van der Waals surface area contributed by atoms with Gasteiger partial charge in [-0.2, -0.15) is 0 Å². The molecular formula is C17H23N3O4. The molecule has 0 saturated carbocycles. The van der Waals surface area contributed by atoms with Crippen LogP contribution in [-0.2, 0) is 9.59 Å². The first-order chi connectivity index (χ1) is 11.6. The average molecular weight is 333 g/mol. The second-order valence-corrected chi connectivity index (χ2v) is 6.02. The van der Waals surface area contributed by atoms with Crippen molar-refractivity contribution >= 4 is 17.5 Å². The van der Waals surface area contributed by atoms with Crippen LogP contribution in [0.4, 0.5) is 5.69 Å². The van der Waals surface area contributed by atoms with Crippen LogP contribution in [0.1, 0.15) is 6.42 Å². The minimum atomic E-state index is -0.289. The van der Waals surface area contributed by atoms with Crippen LogP contribution in [0.2, 0.25) is 0 Å². The Hall–Kier alpha value is -2.28. The molecule has 1 aromatic rings. The number of carbonyl (C=O) groups excluding carboxylic acids is 2. The summed E-state index contributed by atoms with van der Waals surface area (Å²) >= 11 is 0. The molecule has 0 aromatic heterocycles. The topological polar surface area (TPSA) is 71.1 Å². The Kier molecular flexibility index (Phi) is 4.89. The van der Waals surface area contributed by atoms with Gasteiger partial charge in [-0.1, -0.05) is 0 Å². The summed E-state index contributed by atoms with van der Waals surface area (Å²) in [6.45, 7) is 3.42. The van der Waals surface area contributed by atoms with Gasteiger partial charge in [0.05, 0.1) is 25.8 Å². The number of hydrogen-bond acceptors (Lipinski definition) is 5. The Morgan fingerprint density at radius 1 is 1.21 bits per heavy atom. The summed E-state index contributed by atoms with van der Waals surface area (Å²) < 4.78 is 10.6. The summed E-state index contributed by atoms with van der Waals surface area (Å²) in [5.41, 5.74) is 0.680. The van der Waals surface area contributed by atoms with E-state index in [1.165, 1.54) is 0 Å². The van der Waals surface area contributed by atoms with Gasteiger partial charge in [0, 0.05) is 45.2 Å². The van der Waals surface area contributed by atoms with Crippen LogP contribution in [0.25, 0.3) is 0 Å². The van der Waals surface area contributed by atoms with Gasteiger partial charge in [0.15, 0.2) is 0 Å². The molecule has 3 rings (SSSR count). The summed E-state index contributed by atoms with van der Waals surface area (Å²) in [7, 11) is 3.14. The van der Waals surface area contributed by atoms with Crippen molar-refractivity contribution in [3.05, 3.63) is 18.2 Å². The van der Waals surface area contributed by atoms with E-state index >= 15 is 0 Å². The molecule has 2 fully saturated rings. The van der Waals surface area contributed by atoms with E-state index in [9.17, 15) is 9.59 Å². The van der Waals surface area contributed by atoms with E-state index in [1.54, 1.807) is 37.3 Å². The minimum Gasteiger partial charge on any atom is -0.497 e. The lowest BCUT2D eigenvalue weighted by Crippen LogP contribution is -2.48. The van der Waals surface area contributed by atoms with Crippen molar-refractivity contribution in [2.75, 3.05) is 51.8 Å². The number of rotatable bonds is 4. The van der Waals surface area contributed by atoms with Crippen LogP contribution < -0.4 is 19.7 Å². The number of amides is 2. The highest BCUT2D eigenvalue weighted by atomic mass is 16.5. The number of ether oxygens (including phenoxy) is 2. The lowest BCUT2D eigenvalue weighted by molar-refractivity contribution is -0.136. The maximum Gasteiger partial charge on any atom is 0.228 e. The molecule has 0 radical (unpaired) electrons. The van der Waals surface area contributed by atoms with Gasteiger partial charge >= 0.3 is 0 Å². The lowest BCUT2D eigenvalue weighted by atomic mass is 10.1. The number of hydrogen-bond donors (Lipinski definition) is 1. The van der Waals surface area contributed by atoms with E-state index in [2.05, 4.69) is 5.32 Å². The van der Waals surface area contributed by atoms with E-state index in [0.717, 1.165) is 13.1 Å². The Balaban J connectivity index is 1.76. The van der Waals surface area contributed by atoms with Crippen LogP contribution in [-0.4, -0.2) is 63.7 Å². The average Bonchev–Trinajstić information content (AvgIpc) is 3.02. The molecular weight excluding hydrogens is 310 g/mol.